The van der Waals surface area contributed by atoms with Crippen LogP contribution in [-0.2, 0) is 16.0 Å². The third-order valence-electron chi connectivity index (χ3n) is 4.88. The van der Waals surface area contributed by atoms with Crippen molar-refractivity contribution in [1.82, 2.24) is 9.97 Å². The second kappa shape index (κ2) is 7.90. The van der Waals surface area contributed by atoms with E-state index in [1.165, 1.54) is 36.4 Å². The normalized spacial score (nSPS) is 12.2. The van der Waals surface area contributed by atoms with E-state index < -0.39 is 27.4 Å². The first-order valence-corrected chi connectivity index (χ1v) is 11.3. The Balaban J connectivity index is 1.83. The van der Waals surface area contributed by atoms with Gasteiger partial charge in [-0.3, -0.25) is 0 Å². The molecule has 0 aliphatic carbocycles. The van der Waals surface area contributed by atoms with E-state index in [1.54, 1.807) is 24.3 Å². The van der Waals surface area contributed by atoms with Crippen LogP contribution in [0.3, 0.4) is 0 Å². The van der Waals surface area contributed by atoms with Gasteiger partial charge in [-0.05, 0) is 48.5 Å². The Morgan fingerprint density at radius 1 is 0.781 bits per heavy atom. The van der Waals surface area contributed by atoms with Crippen molar-refractivity contribution in [2.75, 3.05) is 6.26 Å². The van der Waals surface area contributed by atoms with Gasteiger partial charge in [0.1, 0.15) is 11.6 Å². The number of sulfone groups is 1. The Labute approximate surface area is 181 Å². The van der Waals surface area contributed by atoms with Gasteiger partial charge in [0.2, 0.25) is 0 Å². The summed E-state index contributed by atoms with van der Waals surface area (Å²) >= 11 is 0. The molecule has 1 N–H and O–H groups in total. The van der Waals surface area contributed by atoms with E-state index in [4.69, 9.17) is 0 Å². The first-order chi connectivity index (χ1) is 15.0. The number of imidazole rings is 1. The number of alkyl halides is 3. The zero-order valence-corrected chi connectivity index (χ0v) is 17.4. The number of hydrogen-bond acceptors (Lipinski definition) is 3. The third-order valence-corrected chi connectivity index (χ3v) is 6.01. The number of rotatable bonds is 4. The largest absolute Gasteiger partial charge is 0.416 e. The highest BCUT2D eigenvalue weighted by molar-refractivity contribution is 7.90. The van der Waals surface area contributed by atoms with Crippen LogP contribution >= 0.6 is 0 Å². The Hall–Kier alpha value is -3.46. The molecule has 0 radical (unpaired) electrons. The molecule has 0 saturated carbocycles. The second-order valence-corrected chi connectivity index (χ2v) is 9.20. The highest BCUT2D eigenvalue weighted by Gasteiger charge is 2.30. The lowest BCUT2D eigenvalue weighted by molar-refractivity contribution is -0.137. The standard InChI is InChI=1S/C23H16F4N2O2S/c1-32(30,31)19-12-6-15(7-13-19)21-20(14-4-10-18(24)11-5-14)28-22(29-21)16-2-8-17(9-3-16)23(25,26)27/h2-13H,1H3,(H,28,29). The monoisotopic (exact) mass is 460 g/mol. The molecule has 1 aromatic heterocycles. The van der Waals surface area contributed by atoms with Crippen molar-refractivity contribution in [2.24, 2.45) is 0 Å². The molecular formula is C23H16F4N2O2S. The Morgan fingerprint density at radius 3 is 1.84 bits per heavy atom. The van der Waals surface area contributed by atoms with E-state index in [2.05, 4.69) is 9.97 Å². The van der Waals surface area contributed by atoms with Crippen molar-refractivity contribution in [3.05, 3.63) is 84.2 Å². The zero-order chi connectivity index (χ0) is 23.1. The van der Waals surface area contributed by atoms with Crippen molar-refractivity contribution < 1.29 is 26.0 Å². The summed E-state index contributed by atoms with van der Waals surface area (Å²) in [6.45, 7) is 0. The van der Waals surface area contributed by atoms with Gasteiger partial charge in [0.05, 0.1) is 21.8 Å². The Kier molecular flexibility index (Phi) is 5.37. The third kappa shape index (κ3) is 4.43. The molecule has 0 saturated heterocycles. The number of benzene rings is 3. The van der Waals surface area contributed by atoms with Crippen molar-refractivity contribution >= 4 is 9.84 Å². The molecule has 9 heteroatoms. The van der Waals surface area contributed by atoms with Crippen LogP contribution in [0.1, 0.15) is 5.56 Å². The van der Waals surface area contributed by atoms with Gasteiger partial charge in [-0.15, -0.1) is 0 Å². The van der Waals surface area contributed by atoms with Gasteiger partial charge in [0, 0.05) is 22.9 Å². The summed E-state index contributed by atoms with van der Waals surface area (Å²) in [6.07, 6.45) is -3.35. The van der Waals surface area contributed by atoms with Crippen LogP contribution in [0.5, 0.6) is 0 Å². The van der Waals surface area contributed by atoms with Gasteiger partial charge in [-0.2, -0.15) is 13.2 Å². The molecule has 32 heavy (non-hydrogen) atoms. The minimum absolute atomic E-state index is 0.142. The highest BCUT2D eigenvalue weighted by Crippen LogP contribution is 2.35. The van der Waals surface area contributed by atoms with E-state index in [-0.39, 0.29) is 4.90 Å². The average molecular weight is 460 g/mol. The van der Waals surface area contributed by atoms with E-state index in [0.717, 1.165) is 18.4 Å². The summed E-state index contributed by atoms with van der Waals surface area (Å²) in [5.41, 5.74) is 1.83. The number of hydrogen-bond donors (Lipinski definition) is 1. The number of nitrogens with zero attached hydrogens (tertiary/aromatic N) is 1. The fourth-order valence-electron chi connectivity index (χ4n) is 3.22. The summed E-state index contributed by atoms with van der Waals surface area (Å²) in [7, 11) is -3.38. The first-order valence-electron chi connectivity index (χ1n) is 9.36. The summed E-state index contributed by atoms with van der Waals surface area (Å²) < 4.78 is 75.6. The van der Waals surface area contributed by atoms with Gasteiger partial charge in [0.15, 0.2) is 9.84 Å². The van der Waals surface area contributed by atoms with Gasteiger partial charge in [-0.1, -0.05) is 24.3 Å². The molecule has 0 atom stereocenters. The lowest BCUT2D eigenvalue weighted by atomic mass is 10.1. The SMILES string of the molecule is CS(=O)(=O)c1ccc(-c2nc(-c3ccc(C(F)(F)F)cc3)[nH]c2-c2ccc(F)cc2)cc1. The minimum Gasteiger partial charge on any atom is -0.337 e. The molecule has 0 fully saturated rings. The van der Waals surface area contributed by atoms with E-state index >= 15 is 0 Å². The van der Waals surface area contributed by atoms with E-state index in [1.807, 2.05) is 0 Å². The number of aromatic amines is 1. The van der Waals surface area contributed by atoms with Crippen molar-refractivity contribution in [3.63, 3.8) is 0 Å². The molecule has 4 aromatic rings. The molecule has 0 spiro atoms. The quantitative estimate of drug-likeness (QED) is 0.382. The van der Waals surface area contributed by atoms with Crippen LogP contribution in [0.25, 0.3) is 33.9 Å². The van der Waals surface area contributed by atoms with Crippen LogP contribution < -0.4 is 0 Å². The summed E-state index contributed by atoms with van der Waals surface area (Å²) in [5.74, 6) is -0.101. The molecule has 164 valence electrons. The molecule has 0 aliphatic heterocycles. The second-order valence-electron chi connectivity index (χ2n) is 7.19. The van der Waals surface area contributed by atoms with Gasteiger partial charge < -0.3 is 4.98 Å². The number of aromatic nitrogens is 2. The summed E-state index contributed by atoms with van der Waals surface area (Å²) in [6, 6.07) is 16.3. The molecule has 0 bridgehead atoms. The molecule has 0 aliphatic rings. The maximum Gasteiger partial charge on any atom is 0.416 e. The molecule has 1 heterocycles. The average Bonchev–Trinajstić information content (AvgIpc) is 3.19. The lowest BCUT2D eigenvalue weighted by Gasteiger charge is -2.06. The fourth-order valence-corrected chi connectivity index (χ4v) is 3.85. The van der Waals surface area contributed by atoms with Gasteiger partial charge in [-0.25, -0.2) is 17.8 Å². The van der Waals surface area contributed by atoms with E-state index in [9.17, 15) is 26.0 Å². The number of halogens is 4. The smallest absolute Gasteiger partial charge is 0.337 e. The van der Waals surface area contributed by atoms with Crippen molar-refractivity contribution in [3.8, 4) is 33.9 Å². The van der Waals surface area contributed by atoms with Crippen LogP contribution in [0, 0.1) is 5.82 Å². The van der Waals surface area contributed by atoms with Crippen LogP contribution in [0.4, 0.5) is 17.6 Å². The van der Waals surface area contributed by atoms with Crippen molar-refractivity contribution in [2.45, 2.75) is 11.1 Å². The Bertz CT molecular complexity index is 1360. The summed E-state index contributed by atoms with van der Waals surface area (Å²) in [5, 5.41) is 0. The summed E-state index contributed by atoms with van der Waals surface area (Å²) in [4.78, 5) is 7.80. The molecular weight excluding hydrogens is 444 g/mol. The molecule has 0 amide bonds. The minimum atomic E-state index is -4.45. The van der Waals surface area contributed by atoms with Crippen molar-refractivity contribution in [1.29, 1.82) is 0 Å². The first kappa shape index (κ1) is 21.8. The maximum absolute atomic E-state index is 13.4. The number of H-pyrrole nitrogens is 1. The highest BCUT2D eigenvalue weighted by atomic mass is 32.2. The molecule has 4 rings (SSSR count). The van der Waals surface area contributed by atoms with Crippen LogP contribution in [-0.4, -0.2) is 24.6 Å². The predicted octanol–water partition coefficient (Wildman–Crippen LogP) is 5.97. The van der Waals surface area contributed by atoms with Gasteiger partial charge >= 0.3 is 6.18 Å². The van der Waals surface area contributed by atoms with Crippen LogP contribution in [0.15, 0.2) is 77.7 Å². The van der Waals surface area contributed by atoms with Gasteiger partial charge in [0.25, 0.3) is 0 Å². The molecule has 3 aromatic carbocycles. The zero-order valence-electron chi connectivity index (χ0n) is 16.6. The fraction of sp³-hybridized carbons (Fsp3) is 0.0870. The molecule has 0 unspecified atom stereocenters. The maximum atomic E-state index is 13.4. The predicted molar refractivity (Wildman–Crippen MR) is 113 cm³/mol. The Morgan fingerprint density at radius 2 is 1.31 bits per heavy atom. The van der Waals surface area contributed by atoms with E-state index in [0.29, 0.717) is 33.9 Å². The number of nitrogens with one attached hydrogen (secondary N) is 1. The van der Waals surface area contributed by atoms with Crippen LogP contribution in [0.2, 0.25) is 0 Å². The molecule has 4 nitrogen and oxygen atoms in total. The lowest BCUT2D eigenvalue weighted by Crippen LogP contribution is -2.04. The topological polar surface area (TPSA) is 62.8 Å².